The van der Waals surface area contributed by atoms with Gasteiger partial charge >= 0.3 is 5.97 Å². The van der Waals surface area contributed by atoms with Gasteiger partial charge in [0.1, 0.15) is 6.04 Å². The van der Waals surface area contributed by atoms with Crippen molar-refractivity contribution in [2.24, 2.45) is 0 Å². The molecule has 21 heavy (non-hydrogen) atoms. The highest BCUT2D eigenvalue weighted by atomic mass is 16.4. The molecule has 0 saturated heterocycles. The van der Waals surface area contributed by atoms with Crippen molar-refractivity contribution in [1.82, 2.24) is 5.32 Å². The van der Waals surface area contributed by atoms with Crippen molar-refractivity contribution in [3.63, 3.8) is 0 Å². The quantitative estimate of drug-likeness (QED) is 0.723. The maximum absolute atomic E-state index is 10.9. The van der Waals surface area contributed by atoms with E-state index in [1.165, 1.54) is 5.56 Å². The number of hydrogen-bond acceptors (Lipinski definition) is 3. The lowest BCUT2D eigenvalue weighted by molar-refractivity contribution is -0.139. The van der Waals surface area contributed by atoms with E-state index in [-0.39, 0.29) is 5.41 Å². The van der Waals surface area contributed by atoms with E-state index in [0.29, 0.717) is 19.4 Å². The topological polar surface area (TPSA) is 69.6 Å². The molecule has 0 aliphatic carbocycles. The summed E-state index contributed by atoms with van der Waals surface area (Å²) in [4.78, 5) is 10.9. The molecule has 1 aromatic carbocycles. The minimum Gasteiger partial charge on any atom is -0.480 e. The third-order valence-corrected chi connectivity index (χ3v) is 3.68. The Hall–Kier alpha value is -1.39. The summed E-state index contributed by atoms with van der Waals surface area (Å²) in [6.07, 6.45) is 0.461. The lowest BCUT2D eigenvalue weighted by Gasteiger charge is -2.20. The first-order chi connectivity index (χ1) is 9.75. The van der Waals surface area contributed by atoms with E-state index in [0.717, 1.165) is 5.56 Å². The number of aliphatic hydroxyl groups excluding tert-OH is 1. The number of rotatable bonds is 7. The van der Waals surface area contributed by atoms with Crippen molar-refractivity contribution in [3.8, 4) is 0 Å². The number of carboxylic acids is 1. The Morgan fingerprint density at radius 2 is 1.81 bits per heavy atom. The second-order valence-corrected chi connectivity index (χ2v) is 6.43. The number of aliphatic hydroxyl groups is 1. The van der Waals surface area contributed by atoms with Crippen molar-refractivity contribution in [2.45, 2.75) is 58.1 Å². The molecule has 0 spiro atoms. The van der Waals surface area contributed by atoms with Crippen molar-refractivity contribution >= 4 is 5.97 Å². The minimum absolute atomic E-state index is 0.0981. The predicted octanol–water partition coefficient (Wildman–Crippen LogP) is 2.86. The van der Waals surface area contributed by atoms with E-state index in [4.69, 9.17) is 5.11 Å². The normalized spacial score (nSPS) is 14.7. The van der Waals surface area contributed by atoms with Gasteiger partial charge in [-0.15, -0.1) is 0 Å². The molecule has 0 amide bonds. The highest BCUT2D eigenvalue weighted by molar-refractivity contribution is 5.73. The van der Waals surface area contributed by atoms with Crippen LogP contribution in [0, 0.1) is 0 Å². The largest absolute Gasteiger partial charge is 0.480 e. The SMILES string of the molecule is CCC(NCCC(O)c1ccc(C(C)(C)C)cc1)C(=O)O. The molecule has 1 rings (SSSR count). The zero-order valence-corrected chi connectivity index (χ0v) is 13.4. The van der Waals surface area contributed by atoms with Crippen molar-refractivity contribution in [3.05, 3.63) is 35.4 Å². The van der Waals surface area contributed by atoms with Crippen LogP contribution in [-0.4, -0.2) is 28.8 Å². The molecule has 4 nitrogen and oxygen atoms in total. The molecule has 0 fully saturated rings. The fourth-order valence-corrected chi connectivity index (χ4v) is 2.17. The van der Waals surface area contributed by atoms with Crippen LogP contribution < -0.4 is 5.32 Å². The summed E-state index contributed by atoms with van der Waals surface area (Å²) in [5.74, 6) is -0.846. The molecule has 1 aromatic rings. The maximum Gasteiger partial charge on any atom is 0.320 e. The van der Waals surface area contributed by atoms with Crippen molar-refractivity contribution in [2.75, 3.05) is 6.54 Å². The summed E-state index contributed by atoms with van der Waals surface area (Å²) in [5.41, 5.74) is 2.20. The van der Waals surface area contributed by atoms with Crippen molar-refractivity contribution in [1.29, 1.82) is 0 Å². The van der Waals surface area contributed by atoms with Gasteiger partial charge in [0.05, 0.1) is 6.10 Å². The minimum atomic E-state index is -0.846. The molecule has 0 aliphatic rings. The Morgan fingerprint density at radius 3 is 2.24 bits per heavy atom. The molecule has 0 heterocycles. The first kappa shape index (κ1) is 17.7. The molecule has 0 aromatic heterocycles. The molecule has 0 bridgehead atoms. The molecular weight excluding hydrogens is 266 g/mol. The average Bonchev–Trinajstić information content (AvgIpc) is 2.42. The summed E-state index contributed by atoms with van der Waals surface area (Å²) in [6.45, 7) is 8.76. The van der Waals surface area contributed by atoms with Gasteiger partial charge in [0.2, 0.25) is 0 Å². The second-order valence-electron chi connectivity index (χ2n) is 6.43. The molecule has 4 heteroatoms. The molecule has 3 N–H and O–H groups in total. The zero-order valence-electron chi connectivity index (χ0n) is 13.4. The molecule has 0 aliphatic heterocycles. The smallest absolute Gasteiger partial charge is 0.320 e. The molecule has 0 radical (unpaired) electrons. The van der Waals surface area contributed by atoms with Crippen LogP contribution in [0.5, 0.6) is 0 Å². The number of carbonyl (C=O) groups is 1. The van der Waals surface area contributed by atoms with Crippen LogP contribution in [0.15, 0.2) is 24.3 Å². The Balaban J connectivity index is 2.52. The Morgan fingerprint density at radius 1 is 1.24 bits per heavy atom. The molecule has 2 unspecified atom stereocenters. The first-order valence-electron chi connectivity index (χ1n) is 7.50. The molecule has 2 atom stereocenters. The van der Waals surface area contributed by atoms with Gasteiger partial charge in [0.25, 0.3) is 0 Å². The second kappa shape index (κ2) is 7.57. The van der Waals surface area contributed by atoms with Crippen molar-refractivity contribution < 1.29 is 15.0 Å². The van der Waals surface area contributed by atoms with Gasteiger partial charge in [-0.25, -0.2) is 0 Å². The summed E-state index contributed by atoms with van der Waals surface area (Å²) in [6, 6.07) is 7.43. The van der Waals surface area contributed by atoms with E-state index < -0.39 is 18.1 Å². The van der Waals surface area contributed by atoms with Crippen LogP contribution in [0.3, 0.4) is 0 Å². The maximum atomic E-state index is 10.9. The Labute approximate surface area is 127 Å². The van der Waals surface area contributed by atoms with Crippen LogP contribution >= 0.6 is 0 Å². The third-order valence-electron chi connectivity index (χ3n) is 3.68. The summed E-state index contributed by atoms with van der Waals surface area (Å²) < 4.78 is 0. The Kier molecular flexibility index (Phi) is 6.37. The number of carboxylic acid groups (broad SMARTS) is 1. The lowest BCUT2D eigenvalue weighted by atomic mass is 9.86. The zero-order chi connectivity index (χ0) is 16.0. The monoisotopic (exact) mass is 293 g/mol. The average molecular weight is 293 g/mol. The van der Waals surface area contributed by atoms with Crippen LogP contribution in [-0.2, 0) is 10.2 Å². The van der Waals surface area contributed by atoms with E-state index >= 15 is 0 Å². The van der Waals surface area contributed by atoms with Crippen LogP contribution in [0.2, 0.25) is 0 Å². The summed E-state index contributed by atoms with van der Waals surface area (Å²) in [7, 11) is 0. The summed E-state index contributed by atoms with van der Waals surface area (Å²) >= 11 is 0. The third kappa shape index (κ3) is 5.48. The number of nitrogens with one attached hydrogen (secondary N) is 1. The number of hydrogen-bond donors (Lipinski definition) is 3. The van der Waals surface area contributed by atoms with Gasteiger partial charge in [-0.3, -0.25) is 4.79 Å². The van der Waals surface area contributed by atoms with Gasteiger partial charge in [-0.2, -0.15) is 0 Å². The van der Waals surface area contributed by atoms with Gasteiger partial charge in [0.15, 0.2) is 0 Å². The van der Waals surface area contributed by atoms with E-state index in [1.54, 1.807) is 0 Å². The fourth-order valence-electron chi connectivity index (χ4n) is 2.17. The highest BCUT2D eigenvalue weighted by Crippen LogP contribution is 2.24. The predicted molar refractivity (Wildman–Crippen MR) is 84.4 cm³/mol. The highest BCUT2D eigenvalue weighted by Gasteiger charge is 2.16. The lowest BCUT2D eigenvalue weighted by Crippen LogP contribution is -2.37. The Bertz CT molecular complexity index is 448. The molecule has 118 valence electrons. The van der Waals surface area contributed by atoms with Gasteiger partial charge in [0, 0.05) is 0 Å². The fraction of sp³-hybridized carbons (Fsp3) is 0.588. The standard InChI is InChI=1S/C17H27NO3/c1-5-14(16(20)21)18-11-10-15(19)12-6-8-13(9-7-12)17(2,3)4/h6-9,14-15,18-19H,5,10-11H2,1-4H3,(H,20,21). The number of aliphatic carboxylic acids is 1. The first-order valence-corrected chi connectivity index (χ1v) is 7.50. The van der Waals surface area contributed by atoms with Crippen LogP contribution in [0.4, 0.5) is 0 Å². The van der Waals surface area contributed by atoms with E-state index in [1.807, 2.05) is 31.2 Å². The van der Waals surface area contributed by atoms with E-state index in [9.17, 15) is 9.90 Å². The van der Waals surface area contributed by atoms with Gasteiger partial charge in [-0.1, -0.05) is 52.0 Å². The summed E-state index contributed by atoms with van der Waals surface area (Å²) in [5, 5.41) is 22.0. The van der Waals surface area contributed by atoms with Crippen LogP contribution in [0.1, 0.15) is 57.8 Å². The van der Waals surface area contributed by atoms with E-state index in [2.05, 4.69) is 26.1 Å². The number of benzene rings is 1. The van der Waals surface area contributed by atoms with Gasteiger partial charge < -0.3 is 15.5 Å². The molecular formula is C17H27NO3. The van der Waals surface area contributed by atoms with Crippen LogP contribution in [0.25, 0.3) is 0 Å². The molecule has 0 saturated carbocycles. The van der Waals surface area contributed by atoms with Gasteiger partial charge in [-0.05, 0) is 35.9 Å².